The van der Waals surface area contributed by atoms with Gasteiger partial charge in [0.05, 0.1) is 24.7 Å². The summed E-state index contributed by atoms with van der Waals surface area (Å²) in [5, 5.41) is 4.05. The molecule has 1 amide bonds. The first-order valence-corrected chi connectivity index (χ1v) is 9.71. The number of carbonyl (C=O) groups is 1. The SMILES string of the molecule is COc1ccccc1/C=N\NC(=O)c1nc(-c2ccccc2)cc(-c2ccccc2)n1. The maximum absolute atomic E-state index is 12.8. The van der Waals surface area contributed by atoms with Gasteiger partial charge in [-0.15, -0.1) is 0 Å². The lowest BCUT2D eigenvalue weighted by Crippen LogP contribution is -2.21. The van der Waals surface area contributed by atoms with E-state index in [1.807, 2.05) is 91.0 Å². The molecule has 0 radical (unpaired) electrons. The molecule has 4 rings (SSSR count). The zero-order valence-electron chi connectivity index (χ0n) is 16.9. The minimum Gasteiger partial charge on any atom is -0.496 e. The molecule has 6 heteroatoms. The van der Waals surface area contributed by atoms with Crippen LogP contribution in [0.2, 0.25) is 0 Å². The molecule has 4 aromatic rings. The number of nitrogens with zero attached hydrogens (tertiary/aromatic N) is 3. The van der Waals surface area contributed by atoms with Crippen LogP contribution >= 0.6 is 0 Å². The molecule has 0 aliphatic carbocycles. The Balaban J connectivity index is 1.65. The molecule has 31 heavy (non-hydrogen) atoms. The summed E-state index contributed by atoms with van der Waals surface area (Å²) in [6.45, 7) is 0. The molecule has 6 nitrogen and oxygen atoms in total. The van der Waals surface area contributed by atoms with Crippen LogP contribution in [0.25, 0.3) is 22.5 Å². The number of hydrogen-bond acceptors (Lipinski definition) is 5. The average Bonchev–Trinajstić information content (AvgIpc) is 2.85. The number of methoxy groups -OCH3 is 1. The fraction of sp³-hybridized carbons (Fsp3) is 0.0400. The van der Waals surface area contributed by atoms with Crippen molar-refractivity contribution in [3.63, 3.8) is 0 Å². The van der Waals surface area contributed by atoms with Crippen LogP contribution in [0, 0.1) is 0 Å². The Kier molecular flexibility index (Phi) is 6.09. The minimum absolute atomic E-state index is 0.0392. The molecule has 152 valence electrons. The Morgan fingerprint density at radius 2 is 1.39 bits per heavy atom. The maximum atomic E-state index is 12.8. The largest absolute Gasteiger partial charge is 0.496 e. The quantitative estimate of drug-likeness (QED) is 0.374. The van der Waals surface area contributed by atoms with Crippen molar-refractivity contribution in [2.75, 3.05) is 7.11 Å². The number of rotatable bonds is 6. The summed E-state index contributed by atoms with van der Waals surface area (Å²) in [5.41, 5.74) is 6.37. The van der Waals surface area contributed by atoms with E-state index in [2.05, 4.69) is 20.5 Å². The second-order valence-electron chi connectivity index (χ2n) is 6.64. The number of para-hydroxylation sites is 1. The molecule has 1 N–H and O–H groups in total. The summed E-state index contributed by atoms with van der Waals surface area (Å²) < 4.78 is 5.29. The van der Waals surface area contributed by atoms with Crippen molar-refractivity contribution in [2.45, 2.75) is 0 Å². The van der Waals surface area contributed by atoms with Crippen molar-refractivity contribution in [3.05, 3.63) is 102 Å². The van der Waals surface area contributed by atoms with Gasteiger partial charge >= 0.3 is 5.91 Å². The normalized spacial score (nSPS) is 10.7. The first-order valence-electron chi connectivity index (χ1n) is 9.71. The topological polar surface area (TPSA) is 76.5 Å². The highest BCUT2D eigenvalue weighted by atomic mass is 16.5. The molecule has 0 saturated heterocycles. The van der Waals surface area contributed by atoms with E-state index < -0.39 is 5.91 Å². The van der Waals surface area contributed by atoms with Crippen molar-refractivity contribution in [1.82, 2.24) is 15.4 Å². The Morgan fingerprint density at radius 1 is 0.839 bits per heavy atom. The van der Waals surface area contributed by atoms with Crippen molar-refractivity contribution < 1.29 is 9.53 Å². The monoisotopic (exact) mass is 408 g/mol. The molecule has 0 saturated carbocycles. The summed E-state index contributed by atoms with van der Waals surface area (Å²) >= 11 is 0. The molecule has 0 atom stereocenters. The Morgan fingerprint density at radius 3 is 1.97 bits per heavy atom. The summed E-state index contributed by atoms with van der Waals surface area (Å²) in [6, 6.07) is 28.6. The minimum atomic E-state index is -0.499. The van der Waals surface area contributed by atoms with Crippen molar-refractivity contribution in [1.29, 1.82) is 0 Å². The van der Waals surface area contributed by atoms with Crippen LogP contribution in [0.3, 0.4) is 0 Å². The number of benzene rings is 3. The lowest BCUT2D eigenvalue weighted by molar-refractivity contribution is 0.0945. The van der Waals surface area contributed by atoms with Crippen molar-refractivity contribution >= 4 is 12.1 Å². The fourth-order valence-corrected chi connectivity index (χ4v) is 3.05. The van der Waals surface area contributed by atoms with E-state index in [9.17, 15) is 4.79 Å². The summed E-state index contributed by atoms with van der Waals surface area (Å²) in [6.07, 6.45) is 1.52. The average molecular weight is 408 g/mol. The molecule has 1 heterocycles. The number of hydrogen-bond donors (Lipinski definition) is 1. The zero-order chi connectivity index (χ0) is 21.5. The van der Waals surface area contributed by atoms with E-state index in [4.69, 9.17) is 4.74 Å². The second kappa shape index (κ2) is 9.45. The van der Waals surface area contributed by atoms with Crippen LogP contribution in [0.15, 0.2) is 96.1 Å². The Bertz CT molecular complexity index is 1150. The zero-order valence-corrected chi connectivity index (χ0v) is 16.9. The van der Waals surface area contributed by atoms with E-state index in [1.165, 1.54) is 6.21 Å². The number of amides is 1. The van der Waals surface area contributed by atoms with E-state index in [-0.39, 0.29) is 5.82 Å². The smallest absolute Gasteiger partial charge is 0.309 e. The molecular weight excluding hydrogens is 388 g/mol. The number of hydrazone groups is 1. The molecule has 0 spiro atoms. The molecule has 3 aromatic carbocycles. The van der Waals surface area contributed by atoms with Gasteiger partial charge in [-0.25, -0.2) is 15.4 Å². The van der Waals surface area contributed by atoms with E-state index in [0.717, 1.165) is 16.7 Å². The Labute approximate surface area is 180 Å². The lowest BCUT2D eigenvalue weighted by atomic mass is 10.1. The first kappa shape index (κ1) is 20.0. The number of carbonyl (C=O) groups excluding carboxylic acids is 1. The number of nitrogens with one attached hydrogen (secondary N) is 1. The lowest BCUT2D eigenvalue weighted by Gasteiger charge is -2.08. The summed E-state index contributed by atoms with van der Waals surface area (Å²) in [7, 11) is 1.58. The first-order chi connectivity index (χ1) is 15.2. The highest BCUT2D eigenvalue weighted by Crippen LogP contribution is 2.23. The van der Waals surface area contributed by atoms with Crippen molar-refractivity contribution in [3.8, 4) is 28.3 Å². The predicted molar refractivity (Wildman–Crippen MR) is 121 cm³/mol. The van der Waals surface area contributed by atoms with E-state index in [1.54, 1.807) is 7.11 Å². The van der Waals surface area contributed by atoms with Crippen LogP contribution < -0.4 is 10.2 Å². The molecule has 0 bridgehead atoms. The van der Waals surface area contributed by atoms with Crippen LogP contribution in [0.1, 0.15) is 16.2 Å². The Hall–Kier alpha value is -4.32. The molecule has 1 aromatic heterocycles. The standard InChI is InChI=1S/C25H20N4O2/c1-31-23-15-9-8-14-20(23)17-26-29-25(30)24-27-21(18-10-4-2-5-11-18)16-22(28-24)19-12-6-3-7-13-19/h2-17H,1H3,(H,29,30)/b26-17-. The molecule has 0 aliphatic rings. The second-order valence-corrected chi connectivity index (χ2v) is 6.64. The highest BCUT2D eigenvalue weighted by molar-refractivity contribution is 5.93. The molecule has 0 unspecified atom stereocenters. The fourth-order valence-electron chi connectivity index (χ4n) is 3.05. The summed E-state index contributed by atoms with van der Waals surface area (Å²) in [5.74, 6) is 0.202. The summed E-state index contributed by atoms with van der Waals surface area (Å²) in [4.78, 5) is 21.7. The van der Waals surface area contributed by atoms with Gasteiger partial charge in [0.15, 0.2) is 0 Å². The van der Waals surface area contributed by atoms with E-state index >= 15 is 0 Å². The van der Waals surface area contributed by atoms with Gasteiger partial charge in [-0.2, -0.15) is 5.10 Å². The number of ether oxygens (including phenoxy) is 1. The van der Waals surface area contributed by atoms with Gasteiger partial charge in [0.1, 0.15) is 5.75 Å². The third-order valence-electron chi connectivity index (χ3n) is 4.58. The maximum Gasteiger partial charge on any atom is 0.309 e. The van der Waals surface area contributed by atoms with Crippen LogP contribution in [0.4, 0.5) is 0 Å². The van der Waals surface area contributed by atoms with Gasteiger partial charge in [0, 0.05) is 16.7 Å². The highest BCUT2D eigenvalue weighted by Gasteiger charge is 2.14. The van der Waals surface area contributed by atoms with Crippen LogP contribution in [-0.2, 0) is 0 Å². The van der Waals surface area contributed by atoms with E-state index in [0.29, 0.717) is 17.1 Å². The van der Waals surface area contributed by atoms with Gasteiger partial charge in [0.2, 0.25) is 5.82 Å². The third-order valence-corrected chi connectivity index (χ3v) is 4.58. The van der Waals surface area contributed by atoms with Gasteiger partial charge in [-0.1, -0.05) is 72.8 Å². The number of aromatic nitrogens is 2. The molecule has 0 fully saturated rings. The van der Waals surface area contributed by atoms with Gasteiger partial charge in [-0.3, -0.25) is 4.79 Å². The van der Waals surface area contributed by atoms with Crippen molar-refractivity contribution in [2.24, 2.45) is 5.10 Å². The van der Waals surface area contributed by atoms with Gasteiger partial charge in [0.25, 0.3) is 0 Å². The van der Waals surface area contributed by atoms with Crippen LogP contribution in [0.5, 0.6) is 5.75 Å². The van der Waals surface area contributed by atoms with Gasteiger partial charge in [-0.05, 0) is 18.2 Å². The van der Waals surface area contributed by atoms with Crippen LogP contribution in [-0.4, -0.2) is 29.2 Å². The third kappa shape index (κ3) is 4.82. The predicted octanol–water partition coefficient (Wildman–Crippen LogP) is 4.58. The van der Waals surface area contributed by atoms with Gasteiger partial charge < -0.3 is 4.74 Å². The molecule has 0 aliphatic heterocycles. The molecular formula is C25H20N4O2.